The second-order valence-corrected chi connectivity index (χ2v) is 6.82. The van der Waals surface area contributed by atoms with Gasteiger partial charge in [0, 0.05) is 11.3 Å². The van der Waals surface area contributed by atoms with Gasteiger partial charge in [-0.25, -0.2) is 4.39 Å². The van der Waals surface area contributed by atoms with Crippen LogP contribution in [0.3, 0.4) is 0 Å². The van der Waals surface area contributed by atoms with Crippen molar-refractivity contribution in [2.45, 2.75) is 31.9 Å². The van der Waals surface area contributed by atoms with E-state index in [-0.39, 0.29) is 10.9 Å². The maximum atomic E-state index is 13.8. The zero-order valence-corrected chi connectivity index (χ0v) is 16.0. The second kappa shape index (κ2) is 11.3. The maximum absolute atomic E-state index is 13.8. The van der Waals surface area contributed by atoms with Gasteiger partial charge in [-0.15, -0.1) is 5.10 Å². The normalized spacial score (nSPS) is 11.9. The Hall–Kier alpha value is -2.41. The summed E-state index contributed by atoms with van der Waals surface area (Å²) in [6.45, 7) is 2.40. The molecule has 0 atom stereocenters. The van der Waals surface area contributed by atoms with Crippen molar-refractivity contribution in [2.75, 3.05) is 6.61 Å². The molecule has 0 aromatic heterocycles. The number of thioether (sulfide) groups is 1. The molecule has 0 unspecified atom stereocenters. The van der Waals surface area contributed by atoms with Gasteiger partial charge in [0.1, 0.15) is 0 Å². The Morgan fingerprint density at radius 3 is 2.70 bits per heavy atom. The van der Waals surface area contributed by atoms with Crippen molar-refractivity contribution in [1.29, 1.82) is 0 Å². The third-order valence-electron chi connectivity index (χ3n) is 3.62. The van der Waals surface area contributed by atoms with Crippen molar-refractivity contribution >= 4 is 23.1 Å². The average Bonchev–Trinajstić information content (AvgIpc) is 2.68. The molecule has 0 saturated heterocycles. The van der Waals surface area contributed by atoms with Crippen LogP contribution in [0.1, 0.15) is 37.3 Å². The minimum Gasteiger partial charge on any atom is -0.490 e. The maximum Gasteiger partial charge on any atom is 0.200 e. The van der Waals surface area contributed by atoms with Gasteiger partial charge < -0.3 is 10.5 Å². The highest BCUT2D eigenvalue weighted by Gasteiger charge is 2.11. The van der Waals surface area contributed by atoms with E-state index in [1.807, 2.05) is 30.3 Å². The molecule has 2 N–H and O–H groups in total. The Balaban J connectivity index is 1.95. The zero-order chi connectivity index (χ0) is 19.5. The van der Waals surface area contributed by atoms with Gasteiger partial charge in [-0.1, -0.05) is 61.9 Å². The highest BCUT2D eigenvalue weighted by molar-refractivity contribution is 8.13. The Bertz CT molecular complexity index is 782. The number of ether oxygens (including phenoxy) is 1. The minimum absolute atomic E-state index is 0.122. The van der Waals surface area contributed by atoms with Crippen LogP contribution in [-0.2, 0) is 5.75 Å². The SMILES string of the molecule is CCCCCOc1cc(C=NN=C(N)SCc2ccccc2)cc(F)c1F. The van der Waals surface area contributed by atoms with Crippen LogP contribution in [0.2, 0.25) is 0 Å². The van der Waals surface area contributed by atoms with E-state index in [9.17, 15) is 8.78 Å². The van der Waals surface area contributed by atoms with E-state index in [0.717, 1.165) is 30.9 Å². The number of rotatable bonds is 9. The average molecular weight is 391 g/mol. The van der Waals surface area contributed by atoms with Crippen LogP contribution in [0, 0.1) is 11.6 Å². The molecule has 0 amide bonds. The van der Waals surface area contributed by atoms with Crippen LogP contribution >= 0.6 is 11.8 Å². The number of amidine groups is 1. The largest absolute Gasteiger partial charge is 0.490 e. The number of hydrogen-bond donors (Lipinski definition) is 1. The molecule has 0 spiro atoms. The number of nitrogens with two attached hydrogens (primary N) is 1. The fraction of sp³-hybridized carbons (Fsp3) is 0.300. The van der Waals surface area contributed by atoms with Crippen LogP contribution in [-0.4, -0.2) is 18.0 Å². The molecule has 0 aliphatic carbocycles. The van der Waals surface area contributed by atoms with Crippen molar-refractivity contribution in [1.82, 2.24) is 0 Å². The third kappa shape index (κ3) is 7.38. The zero-order valence-electron chi connectivity index (χ0n) is 15.2. The molecule has 0 heterocycles. The molecule has 2 rings (SSSR count). The first-order valence-corrected chi connectivity index (χ1v) is 9.73. The van der Waals surface area contributed by atoms with E-state index in [0.29, 0.717) is 17.9 Å². The predicted molar refractivity (Wildman–Crippen MR) is 108 cm³/mol. The highest BCUT2D eigenvalue weighted by atomic mass is 32.2. The molecule has 0 aliphatic heterocycles. The topological polar surface area (TPSA) is 60.0 Å². The number of halogens is 2. The molecule has 0 aliphatic rings. The van der Waals surface area contributed by atoms with Gasteiger partial charge in [0.2, 0.25) is 5.82 Å². The van der Waals surface area contributed by atoms with E-state index in [1.165, 1.54) is 24.0 Å². The van der Waals surface area contributed by atoms with Crippen LogP contribution in [0.25, 0.3) is 0 Å². The quantitative estimate of drug-likeness (QED) is 0.279. The summed E-state index contributed by atoms with van der Waals surface area (Å²) in [6, 6.07) is 12.3. The predicted octanol–water partition coefficient (Wildman–Crippen LogP) is 5.12. The molecule has 0 bridgehead atoms. The summed E-state index contributed by atoms with van der Waals surface area (Å²) in [6.07, 6.45) is 4.10. The Morgan fingerprint density at radius 2 is 1.96 bits per heavy atom. The van der Waals surface area contributed by atoms with Crippen molar-refractivity contribution in [3.63, 3.8) is 0 Å². The summed E-state index contributed by atoms with van der Waals surface area (Å²) < 4.78 is 32.9. The Morgan fingerprint density at radius 1 is 1.19 bits per heavy atom. The Labute approximate surface area is 162 Å². The minimum atomic E-state index is -0.995. The first kappa shape index (κ1) is 20.9. The lowest BCUT2D eigenvalue weighted by Crippen LogP contribution is -2.06. The van der Waals surface area contributed by atoms with Gasteiger partial charge >= 0.3 is 0 Å². The third-order valence-corrected chi connectivity index (χ3v) is 4.47. The van der Waals surface area contributed by atoms with E-state index >= 15 is 0 Å². The molecule has 27 heavy (non-hydrogen) atoms. The van der Waals surface area contributed by atoms with Gasteiger partial charge in [-0.05, 0) is 24.1 Å². The molecule has 0 fully saturated rings. The molecule has 4 nitrogen and oxygen atoms in total. The van der Waals surface area contributed by atoms with Crippen LogP contribution < -0.4 is 10.5 Å². The number of hydrogen-bond acceptors (Lipinski definition) is 4. The first-order chi connectivity index (χ1) is 13.1. The summed E-state index contributed by atoms with van der Waals surface area (Å²) in [5.41, 5.74) is 7.28. The van der Waals surface area contributed by atoms with Gasteiger partial charge in [0.15, 0.2) is 16.7 Å². The van der Waals surface area contributed by atoms with Crippen molar-refractivity contribution in [3.8, 4) is 5.75 Å². The fourth-order valence-corrected chi connectivity index (χ4v) is 2.82. The number of nitrogens with zero attached hydrogens (tertiary/aromatic N) is 2. The molecular weight excluding hydrogens is 368 g/mol. The van der Waals surface area contributed by atoms with Gasteiger partial charge in [0.05, 0.1) is 12.8 Å². The highest BCUT2D eigenvalue weighted by Crippen LogP contribution is 2.22. The standard InChI is InChI=1S/C20H23F2N3OS/c1-2-3-7-10-26-18-12-16(11-17(21)19(18)22)13-24-25-20(23)27-14-15-8-5-4-6-9-15/h4-6,8-9,11-13H,2-3,7,10,14H2,1H3,(H2,23,25). The Kier molecular flexibility index (Phi) is 8.77. The molecule has 0 saturated carbocycles. The summed E-state index contributed by atoms with van der Waals surface area (Å²) in [5, 5.41) is 8.01. The summed E-state index contributed by atoms with van der Waals surface area (Å²) >= 11 is 1.34. The second-order valence-electron chi connectivity index (χ2n) is 5.83. The molecule has 2 aromatic rings. The van der Waals surface area contributed by atoms with Crippen molar-refractivity contribution in [2.24, 2.45) is 15.9 Å². The van der Waals surface area contributed by atoms with E-state index in [2.05, 4.69) is 17.1 Å². The van der Waals surface area contributed by atoms with Crippen molar-refractivity contribution < 1.29 is 13.5 Å². The van der Waals surface area contributed by atoms with Gasteiger partial charge in [-0.2, -0.15) is 9.49 Å². The molecular formula is C20H23F2N3OS. The van der Waals surface area contributed by atoms with Crippen LogP contribution in [0.4, 0.5) is 8.78 Å². The summed E-state index contributed by atoms with van der Waals surface area (Å²) in [5.74, 6) is -1.43. The summed E-state index contributed by atoms with van der Waals surface area (Å²) in [4.78, 5) is 0. The van der Waals surface area contributed by atoms with E-state index in [1.54, 1.807) is 0 Å². The number of unbranched alkanes of at least 4 members (excludes halogenated alkanes) is 2. The molecule has 144 valence electrons. The van der Waals surface area contributed by atoms with Gasteiger partial charge in [0.25, 0.3) is 0 Å². The van der Waals surface area contributed by atoms with E-state index < -0.39 is 11.6 Å². The lowest BCUT2D eigenvalue weighted by Gasteiger charge is -2.08. The lowest BCUT2D eigenvalue weighted by atomic mass is 10.2. The smallest absolute Gasteiger partial charge is 0.200 e. The molecule has 2 aromatic carbocycles. The van der Waals surface area contributed by atoms with Crippen molar-refractivity contribution in [3.05, 3.63) is 65.2 Å². The van der Waals surface area contributed by atoms with Crippen LogP contribution in [0.5, 0.6) is 5.75 Å². The molecule has 7 heteroatoms. The molecule has 0 radical (unpaired) electrons. The van der Waals surface area contributed by atoms with E-state index in [4.69, 9.17) is 10.5 Å². The first-order valence-electron chi connectivity index (χ1n) is 8.75. The monoisotopic (exact) mass is 391 g/mol. The van der Waals surface area contributed by atoms with Crippen LogP contribution in [0.15, 0.2) is 52.7 Å². The number of benzene rings is 2. The lowest BCUT2D eigenvalue weighted by molar-refractivity contribution is 0.286. The summed E-state index contributed by atoms with van der Waals surface area (Å²) in [7, 11) is 0. The van der Waals surface area contributed by atoms with Gasteiger partial charge in [-0.3, -0.25) is 0 Å². The fourth-order valence-electron chi connectivity index (χ4n) is 2.21.